The number of hydrogen-bond acceptors (Lipinski definition) is 1. The zero-order chi connectivity index (χ0) is 11.6. The van der Waals surface area contributed by atoms with Crippen molar-refractivity contribution in [2.75, 3.05) is 6.61 Å². The van der Waals surface area contributed by atoms with Crippen molar-refractivity contribution in [3.8, 4) is 5.75 Å². The molecule has 1 nitrogen and oxygen atoms in total. The van der Waals surface area contributed by atoms with Crippen LogP contribution in [0.5, 0.6) is 5.75 Å². The van der Waals surface area contributed by atoms with Crippen LogP contribution in [0, 0.1) is 11.3 Å². The predicted octanol–water partition coefficient (Wildman–Crippen LogP) is 4.06. The maximum Gasteiger partial charge on any atom is 0.119 e. The van der Waals surface area contributed by atoms with Crippen LogP contribution >= 0.6 is 0 Å². The molecule has 2 rings (SSSR count). The third-order valence-corrected chi connectivity index (χ3v) is 2.82. The first-order chi connectivity index (χ1) is 7.53. The van der Waals surface area contributed by atoms with Crippen molar-refractivity contribution >= 4 is 0 Å². The van der Waals surface area contributed by atoms with Gasteiger partial charge in [0.1, 0.15) is 5.75 Å². The first-order valence-corrected chi connectivity index (χ1v) is 6.25. The summed E-state index contributed by atoms with van der Waals surface area (Å²) in [5.74, 6) is 1.86. The van der Waals surface area contributed by atoms with Gasteiger partial charge in [-0.2, -0.15) is 0 Å². The van der Waals surface area contributed by atoms with Gasteiger partial charge in [0.15, 0.2) is 0 Å². The molecule has 0 bridgehead atoms. The minimum atomic E-state index is 0.342. The van der Waals surface area contributed by atoms with Crippen LogP contribution in [0.1, 0.15) is 39.2 Å². The van der Waals surface area contributed by atoms with E-state index in [9.17, 15) is 0 Å². The van der Waals surface area contributed by atoms with Crippen LogP contribution in [0.2, 0.25) is 0 Å². The molecule has 1 saturated carbocycles. The minimum absolute atomic E-state index is 0.342. The fourth-order valence-corrected chi connectivity index (χ4v) is 1.86. The highest BCUT2D eigenvalue weighted by Gasteiger charge is 2.21. The zero-order valence-corrected chi connectivity index (χ0v) is 10.6. The SMILES string of the molecule is CC(C)(C)Cc1cccc(OCC2CC2)c1. The molecule has 1 aromatic rings. The topological polar surface area (TPSA) is 9.23 Å². The number of benzene rings is 1. The molecule has 1 aromatic carbocycles. The van der Waals surface area contributed by atoms with Gasteiger partial charge in [-0.25, -0.2) is 0 Å². The lowest BCUT2D eigenvalue weighted by Crippen LogP contribution is -2.09. The minimum Gasteiger partial charge on any atom is -0.493 e. The highest BCUT2D eigenvalue weighted by atomic mass is 16.5. The molecule has 0 aliphatic heterocycles. The van der Waals surface area contributed by atoms with Crippen molar-refractivity contribution < 1.29 is 4.74 Å². The second-order valence-electron chi connectivity index (χ2n) is 6.14. The Kier molecular flexibility index (Phi) is 3.22. The van der Waals surface area contributed by atoms with E-state index in [1.165, 1.54) is 18.4 Å². The molecule has 0 N–H and O–H groups in total. The quantitative estimate of drug-likeness (QED) is 0.740. The molecule has 0 atom stereocenters. The summed E-state index contributed by atoms with van der Waals surface area (Å²) >= 11 is 0. The first kappa shape index (κ1) is 11.5. The van der Waals surface area contributed by atoms with E-state index in [1.807, 2.05) is 0 Å². The number of ether oxygens (including phenoxy) is 1. The second kappa shape index (κ2) is 4.48. The van der Waals surface area contributed by atoms with Crippen LogP contribution in [-0.4, -0.2) is 6.61 Å². The van der Waals surface area contributed by atoms with Gasteiger partial charge in [0, 0.05) is 0 Å². The van der Waals surface area contributed by atoms with Crippen LogP contribution < -0.4 is 4.74 Å². The van der Waals surface area contributed by atoms with Crippen LogP contribution in [0.4, 0.5) is 0 Å². The van der Waals surface area contributed by atoms with Gasteiger partial charge in [0.25, 0.3) is 0 Å². The van der Waals surface area contributed by atoms with Gasteiger partial charge in [-0.3, -0.25) is 0 Å². The summed E-state index contributed by atoms with van der Waals surface area (Å²) in [5.41, 5.74) is 1.72. The molecule has 1 aliphatic carbocycles. The van der Waals surface area contributed by atoms with E-state index in [2.05, 4.69) is 45.0 Å². The van der Waals surface area contributed by atoms with E-state index in [1.54, 1.807) is 0 Å². The van der Waals surface area contributed by atoms with Gasteiger partial charge >= 0.3 is 0 Å². The molecule has 88 valence electrons. The van der Waals surface area contributed by atoms with E-state index >= 15 is 0 Å². The molecule has 0 aromatic heterocycles. The lowest BCUT2D eigenvalue weighted by Gasteiger charge is -2.18. The van der Waals surface area contributed by atoms with Crippen molar-refractivity contribution in [1.29, 1.82) is 0 Å². The summed E-state index contributed by atoms with van der Waals surface area (Å²) in [7, 11) is 0. The van der Waals surface area contributed by atoms with Crippen molar-refractivity contribution in [1.82, 2.24) is 0 Å². The molecular weight excluding hydrogens is 196 g/mol. The summed E-state index contributed by atoms with van der Waals surface area (Å²) in [6.45, 7) is 7.71. The van der Waals surface area contributed by atoms with E-state index in [-0.39, 0.29) is 0 Å². The molecule has 0 spiro atoms. The Hall–Kier alpha value is -0.980. The molecule has 0 heterocycles. The maximum atomic E-state index is 5.79. The third kappa shape index (κ3) is 3.88. The van der Waals surface area contributed by atoms with E-state index < -0.39 is 0 Å². The summed E-state index contributed by atoms with van der Waals surface area (Å²) < 4.78 is 5.79. The van der Waals surface area contributed by atoms with Gasteiger partial charge in [-0.15, -0.1) is 0 Å². The molecule has 0 saturated heterocycles. The fraction of sp³-hybridized carbons (Fsp3) is 0.600. The lowest BCUT2D eigenvalue weighted by atomic mass is 9.88. The van der Waals surface area contributed by atoms with E-state index in [0.717, 1.165) is 24.7 Å². The highest BCUT2D eigenvalue weighted by molar-refractivity contribution is 5.29. The van der Waals surface area contributed by atoms with Crippen LogP contribution in [0.15, 0.2) is 24.3 Å². The van der Waals surface area contributed by atoms with Crippen LogP contribution in [0.25, 0.3) is 0 Å². The summed E-state index contributed by atoms with van der Waals surface area (Å²) in [6.07, 6.45) is 3.80. The van der Waals surface area contributed by atoms with Gasteiger partial charge < -0.3 is 4.74 Å². The summed E-state index contributed by atoms with van der Waals surface area (Å²) in [6, 6.07) is 8.54. The monoisotopic (exact) mass is 218 g/mol. The standard InChI is InChI=1S/C15H22O/c1-15(2,3)10-13-5-4-6-14(9-13)16-11-12-7-8-12/h4-6,9,12H,7-8,10-11H2,1-3H3. The first-order valence-electron chi connectivity index (χ1n) is 6.25. The van der Waals surface area contributed by atoms with Gasteiger partial charge in [0.05, 0.1) is 6.61 Å². The average molecular weight is 218 g/mol. The number of hydrogen-bond donors (Lipinski definition) is 0. The smallest absolute Gasteiger partial charge is 0.119 e. The Labute approximate surface area is 98.8 Å². The largest absolute Gasteiger partial charge is 0.493 e. The van der Waals surface area contributed by atoms with Crippen molar-refractivity contribution in [2.45, 2.75) is 40.0 Å². The normalized spacial score (nSPS) is 16.2. The third-order valence-electron chi connectivity index (χ3n) is 2.82. The van der Waals surface area contributed by atoms with Crippen molar-refractivity contribution in [3.63, 3.8) is 0 Å². The highest BCUT2D eigenvalue weighted by Crippen LogP contribution is 2.30. The number of rotatable bonds is 4. The van der Waals surface area contributed by atoms with E-state index in [4.69, 9.17) is 4.74 Å². The van der Waals surface area contributed by atoms with Gasteiger partial charge in [-0.1, -0.05) is 32.9 Å². The fourth-order valence-electron chi connectivity index (χ4n) is 1.86. The van der Waals surface area contributed by atoms with Gasteiger partial charge in [0.2, 0.25) is 0 Å². The lowest BCUT2D eigenvalue weighted by molar-refractivity contribution is 0.299. The molecule has 0 unspecified atom stereocenters. The second-order valence-corrected chi connectivity index (χ2v) is 6.14. The van der Waals surface area contributed by atoms with Crippen LogP contribution in [-0.2, 0) is 6.42 Å². The Morgan fingerprint density at radius 1 is 1.25 bits per heavy atom. The van der Waals surface area contributed by atoms with Crippen LogP contribution in [0.3, 0.4) is 0 Å². The molecular formula is C15H22O. The van der Waals surface area contributed by atoms with Crippen molar-refractivity contribution in [3.05, 3.63) is 29.8 Å². The summed E-state index contributed by atoms with van der Waals surface area (Å²) in [4.78, 5) is 0. The average Bonchev–Trinajstić information content (AvgIpc) is 2.96. The molecule has 0 amide bonds. The maximum absolute atomic E-state index is 5.79. The zero-order valence-electron chi connectivity index (χ0n) is 10.6. The molecule has 0 radical (unpaired) electrons. The van der Waals surface area contributed by atoms with E-state index in [0.29, 0.717) is 5.41 Å². The molecule has 1 heteroatoms. The molecule has 16 heavy (non-hydrogen) atoms. The predicted molar refractivity (Wildman–Crippen MR) is 67.8 cm³/mol. The molecule has 1 fully saturated rings. The van der Waals surface area contributed by atoms with Crippen molar-refractivity contribution in [2.24, 2.45) is 11.3 Å². The Morgan fingerprint density at radius 3 is 2.62 bits per heavy atom. The van der Waals surface area contributed by atoms with Gasteiger partial charge in [-0.05, 0) is 48.3 Å². The summed E-state index contributed by atoms with van der Waals surface area (Å²) in [5, 5.41) is 0. The Morgan fingerprint density at radius 2 is 2.00 bits per heavy atom. The Bertz CT molecular complexity index is 345. The Balaban J connectivity index is 1.95. The molecule has 1 aliphatic rings.